The molecule has 4 N–H and O–H groups in total. The van der Waals surface area contributed by atoms with Gasteiger partial charge in [0, 0.05) is 25.2 Å². The van der Waals surface area contributed by atoms with E-state index in [4.69, 9.17) is 26.8 Å². The number of aromatic nitrogens is 2. The van der Waals surface area contributed by atoms with Gasteiger partial charge in [0.1, 0.15) is 12.4 Å². The fourth-order valence-electron chi connectivity index (χ4n) is 2.78. The number of nitrogens with zero attached hydrogens (tertiary/aromatic N) is 2. The lowest BCUT2D eigenvalue weighted by Crippen LogP contribution is -2.32. The van der Waals surface area contributed by atoms with Crippen LogP contribution in [-0.2, 0) is 13.2 Å². The second kappa shape index (κ2) is 11.3. The summed E-state index contributed by atoms with van der Waals surface area (Å²) in [5.41, 5.74) is 7.08. The summed E-state index contributed by atoms with van der Waals surface area (Å²) in [6.07, 6.45) is 0. The third kappa shape index (κ3) is 6.32. The lowest BCUT2D eigenvalue weighted by Gasteiger charge is -2.14. The Labute approximate surface area is 189 Å². The minimum Gasteiger partial charge on any atom is -0.490 e. The molecule has 0 aliphatic carbocycles. The standard InChI is InChI=1S/C21H23ClFN5O4/c1-2-30-18-9-13(11-25-7-8-26-21(29)19-20(24)28-32-27-19)3-6-17(18)31-12-14-4-5-15(23)10-16(14)22/h3-6,9-10,25H,2,7-8,11-12H2,1H3,(H2,24,28)(H,26,29). The van der Waals surface area contributed by atoms with Crippen LogP contribution < -0.4 is 25.8 Å². The van der Waals surface area contributed by atoms with E-state index in [9.17, 15) is 9.18 Å². The maximum atomic E-state index is 13.2. The normalized spacial score (nSPS) is 10.7. The molecule has 9 nitrogen and oxygen atoms in total. The van der Waals surface area contributed by atoms with Crippen LogP contribution in [0.25, 0.3) is 0 Å². The second-order valence-corrected chi connectivity index (χ2v) is 7.08. The molecule has 0 saturated carbocycles. The predicted octanol–water partition coefficient (Wildman–Crippen LogP) is 2.94. The van der Waals surface area contributed by atoms with Gasteiger partial charge in [-0.05, 0) is 47.1 Å². The number of nitrogens with two attached hydrogens (primary N) is 1. The van der Waals surface area contributed by atoms with E-state index < -0.39 is 11.7 Å². The number of carbonyl (C=O) groups excluding carboxylic acids is 1. The lowest BCUT2D eigenvalue weighted by atomic mass is 10.2. The van der Waals surface area contributed by atoms with Gasteiger partial charge >= 0.3 is 0 Å². The Morgan fingerprint density at radius 3 is 2.72 bits per heavy atom. The van der Waals surface area contributed by atoms with Gasteiger partial charge in [0.25, 0.3) is 5.91 Å². The van der Waals surface area contributed by atoms with E-state index in [0.717, 1.165) is 5.56 Å². The molecule has 1 aromatic heterocycles. The van der Waals surface area contributed by atoms with Crippen LogP contribution in [0.3, 0.4) is 0 Å². The highest BCUT2D eigenvalue weighted by molar-refractivity contribution is 6.31. The van der Waals surface area contributed by atoms with Crippen LogP contribution in [0.1, 0.15) is 28.5 Å². The van der Waals surface area contributed by atoms with Crippen LogP contribution in [0.4, 0.5) is 10.2 Å². The van der Waals surface area contributed by atoms with E-state index in [0.29, 0.717) is 48.3 Å². The summed E-state index contributed by atoms with van der Waals surface area (Å²) in [5, 5.41) is 13.0. The largest absolute Gasteiger partial charge is 0.490 e. The van der Waals surface area contributed by atoms with E-state index in [-0.39, 0.29) is 18.1 Å². The fraction of sp³-hybridized carbons (Fsp3) is 0.286. The van der Waals surface area contributed by atoms with Crippen molar-refractivity contribution in [2.45, 2.75) is 20.1 Å². The minimum absolute atomic E-state index is 0.0381. The monoisotopic (exact) mass is 463 g/mol. The molecule has 3 rings (SSSR count). The molecular formula is C21H23ClFN5O4. The summed E-state index contributed by atoms with van der Waals surface area (Å²) >= 11 is 6.06. The molecule has 0 fully saturated rings. The number of benzene rings is 2. The first-order valence-corrected chi connectivity index (χ1v) is 10.2. The van der Waals surface area contributed by atoms with Crippen molar-refractivity contribution in [2.24, 2.45) is 0 Å². The van der Waals surface area contributed by atoms with Gasteiger partial charge in [-0.25, -0.2) is 9.02 Å². The smallest absolute Gasteiger partial charge is 0.277 e. The van der Waals surface area contributed by atoms with Crippen molar-refractivity contribution < 1.29 is 23.3 Å². The molecule has 0 aliphatic rings. The van der Waals surface area contributed by atoms with Crippen molar-refractivity contribution in [3.8, 4) is 11.5 Å². The molecule has 0 aliphatic heterocycles. The van der Waals surface area contributed by atoms with Gasteiger partial charge in [0.05, 0.1) is 11.6 Å². The summed E-state index contributed by atoms with van der Waals surface area (Å²) in [4.78, 5) is 11.9. The number of anilines is 1. The highest BCUT2D eigenvalue weighted by Crippen LogP contribution is 2.30. The quantitative estimate of drug-likeness (QED) is 0.371. The van der Waals surface area contributed by atoms with Crippen molar-refractivity contribution in [3.63, 3.8) is 0 Å². The summed E-state index contributed by atoms with van der Waals surface area (Å²) in [7, 11) is 0. The van der Waals surface area contributed by atoms with Gasteiger partial charge in [-0.15, -0.1) is 0 Å². The Balaban J connectivity index is 1.50. The van der Waals surface area contributed by atoms with E-state index in [1.807, 2.05) is 25.1 Å². The zero-order valence-corrected chi connectivity index (χ0v) is 18.1. The Morgan fingerprint density at radius 2 is 2.00 bits per heavy atom. The number of ether oxygens (including phenoxy) is 2. The molecule has 32 heavy (non-hydrogen) atoms. The van der Waals surface area contributed by atoms with Crippen LogP contribution >= 0.6 is 11.6 Å². The van der Waals surface area contributed by atoms with Gasteiger partial charge in [0.2, 0.25) is 11.5 Å². The van der Waals surface area contributed by atoms with Crippen molar-refractivity contribution in [3.05, 3.63) is 64.1 Å². The molecule has 1 amide bonds. The predicted molar refractivity (Wildman–Crippen MR) is 116 cm³/mol. The average molecular weight is 464 g/mol. The average Bonchev–Trinajstić information content (AvgIpc) is 3.20. The Morgan fingerprint density at radius 1 is 1.16 bits per heavy atom. The molecule has 3 aromatic rings. The summed E-state index contributed by atoms with van der Waals surface area (Å²) in [6, 6.07) is 9.75. The van der Waals surface area contributed by atoms with Gasteiger partial charge in [-0.3, -0.25) is 4.79 Å². The lowest BCUT2D eigenvalue weighted by molar-refractivity contribution is 0.0944. The van der Waals surface area contributed by atoms with Crippen LogP contribution in [0.5, 0.6) is 11.5 Å². The summed E-state index contributed by atoms with van der Waals surface area (Å²) in [6.45, 7) is 3.96. The summed E-state index contributed by atoms with van der Waals surface area (Å²) < 4.78 is 29.1. The highest BCUT2D eigenvalue weighted by atomic mass is 35.5. The Bertz CT molecular complexity index is 1060. The first-order valence-electron chi connectivity index (χ1n) is 9.87. The number of carbonyl (C=O) groups is 1. The molecule has 1 heterocycles. The molecule has 0 unspecified atom stereocenters. The molecule has 170 valence electrons. The van der Waals surface area contributed by atoms with E-state index in [2.05, 4.69) is 25.6 Å². The molecule has 0 radical (unpaired) electrons. The van der Waals surface area contributed by atoms with Crippen LogP contribution in [0.2, 0.25) is 5.02 Å². The van der Waals surface area contributed by atoms with Crippen LogP contribution in [0, 0.1) is 5.82 Å². The van der Waals surface area contributed by atoms with Crippen LogP contribution in [-0.4, -0.2) is 35.9 Å². The van der Waals surface area contributed by atoms with E-state index in [1.165, 1.54) is 12.1 Å². The zero-order chi connectivity index (χ0) is 22.9. The fourth-order valence-corrected chi connectivity index (χ4v) is 3.00. The molecule has 0 atom stereocenters. The maximum absolute atomic E-state index is 13.2. The number of halogens is 2. The number of amides is 1. The third-order valence-electron chi connectivity index (χ3n) is 4.35. The highest BCUT2D eigenvalue weighted by Gasteiger charge is 2.15. The SMILES string of the molecule is CCOc1cc(CNCCNC(=O)c2nonc2N)ccc1OCc1ccc(F)cc1Cl. The van der Waals surface area contributed by atoms with Gasteiger partial charge in [-0.2, -0.15) is 0 Å². The van der Waals surface area contributed by atoms with Crippen molar-refractivity contribution in [2.75, 3.05) is 25.4 Å². The maximum Gasteiger partial charge on any atom is 0.277 e. The number of nitrogen functional groups attached to an aromatic ring is 1. The van der Waals surface area contributed by atoms with Gasteiger partial charge in [0.15, 0.2) is 11.5 Å². The molecule has 11 heteroatoms. The summed E-state index contributed by atoms with van der Waals surface area (Å²) in [5.74, 6) is 0.244. The van der Waals surface area contributed by atoms with Crippen molar-refractivity contribution >= 4 is 23.3 Å². The van der Waals surface area contributed by atoms with Gasteiger partial charge in [-0.1, -0.05) is 23.7 Å². The first kappa shape index (κ1) is 23.3. The minimum atomic E-state index is -0.452. The number of rotatable bonds is 11. The van der Waals surface area contributed by atoms with Crippen molar-refractivity contribution in [1.82, 2.24) is 20.9 Å². The topological polar surface area (TPSA) is 125 Å². The Hall–Kier alpha value is -3.37. The molecule has 2 aromatic carbocycles. The first-order chi connectivity index (χ1) is 15.5. The van der Waals surface area contributed by atoms with Crippen molar-refractivity contribution in [1.29, 1.82) is 0 Å². The third-order valence-corrected chi connectivity index (χ3v) is 4.70. The number of hydrogen-bond donors (Lipinski definition) is 3. The molecule has 0 saturated heterocycles. The van der Waals surface area contributed by atoms with E-state index >= 15 is 0 Å². The molecular weight excluding hydrogens is 441 g/mol. The second-order valence-electron chi connectivity index (χ2n) is 6.67. The van der Waals surface area contributed by atoms with Crippen LogP contribution in [0.15, 0.2) is 41.0 Å². The number of nitrogens with one attached hydrogen (secondary N) is 2. The molecule has 0 bridgehead atoms. The molecule has 0 spiro atoms. The number of hydrogen-bond acceptors (Lipinski definition) is 8. The van der Waals surface area contributed by atoms with E-state index in [1.54, 1.807) is 6.07 Å². The van der Waals surface area contributed by atoms with Gasteiger partial charge < -0.3 is 25.8 Å². The Kier molecular flexibility index (Phi) is 8.23. The zero-order valence-electron chi connectivity index (χ0n) is 17.4.